The quantitative estimate of drug-likeness (QED) is 0.345. The zero-order chi connectivity index (χ0) is 29.5. The van der Waals surface area contributed by atoms with Gasteiger partial charge in [-0.3, -0.25) is 14.3 Å². The second-order valence-electron chi connectivity index (χ2n) is 12.1. The maximum Gasteiger partial charge on any atom is 0.314 e. The second kappa shape index (κ2) is 9.87. The van der Waals surface area contributed by atoms with Crippen LogP contribution in [0.1, 0.15) is 37.3 Å². The van der Waals surface area contributed by atoms with Crippen LogP contribution in [0.5, 0.6) is 11.6 Å². The van der Waals surface area contributed by atoms with E-state index in [1.165, 1.54) is 6.07 Å². The van der Waals surface area contributed by atoms with Crippen molar-refractivity contribution in [2.75, 3.05) is 45.3 Å². The van der Waals surface area contributed by atoms with Crippen LogP contribution in [-0.4, -0.2) is 65.7 Å². The van der Waals surface area contributed by atoms with E-state index in [1.807, 2.05) is 6.07 Å². The smallest absolute Gasteiger partial charge is 0.314 e. The highest BCUT2D eigenvalue weighted by Crippen LogP contribution is 2.45. The summed E-state index contributed by atoms with van der Waals surface area (Å²) < 4.78 is 49.5. The first-order valence-electron chi connectivity index (χ1n) is 14.6. The minimum Gasteiger partial charge on any atom is -0.489 e. The predicted molar refractivity (Wildman–Crippen MR) is 158 cm³/mol. The maximum absolute atomic E-state index is 14.8. The lowest BCUT2D eigenvalue weighted by Gasteiger charge is -2.33. The lowest BCUT2D eigenvalue weighted by Crippen LogP contribution is -2.44. The fraction of sp³-hybridized carbons (Fsp3) is 0.452. The Morgan fingerprint density at radius 2 is 2.19 bits per heavy atom. The van der Waals surface area contributed by atoms with Gasteiger partial charge < -0.3 is 19.9 Å². The number of anilines is 1. The van der Waals surface area contributed by atoms with Gasteiger partial charge >= 0.3 is 5.56 Å². The summed E-state index contributed by atoms with van der Waals surface area (Å²) in [5.41, 5.74) is 7.81. The number of hydrogen-bond acceptors (Lipinski definition) is 9. The van der Waals surface area contributed by atoms with E-state index in [9.17, 15) is 18.8 Å². The number of nitrogens with zero attached hydrogens (tertiary/aromatic N) is 4. The average Bonchev–Trinajstić information content (AvgIpc) is 3.78. The monoisotopic (exact) mass is 605 g/mol. The summed E-state index contributed by atoms with van der Waals surface area (Å²) >= 11 is 1.04. The fourth-order valence-electron chi connectivity index (χ4n) is 7.60. The van der Waals surface area contributed by atoms with Gasteiger partial charge in [0.2, 0.25) is 0 Å². The second-order valence-corrected chi connectivity index (χ2v) is 13.1. The van der Waals surface area contributed by atoms with Crippen molar-refractivity contribution in [3.63, 3.8) is 0 Å². The number of thiophene rings is 1. The zero-order valence-electron chi connectivity index (χ0n) is 23.3. The average molecular weight is 606 g/mol. The van der Waals surface area contributed by atoms with Gasteiger partial charge in [-0.15, -0.1) is 11.3 Å². The van der Waals surface area contributed by atoms with Crippen molar-refractivity contribution in [2.45, 2.75) is 43.4 Å². The Morgan fingerprint density at radius 1 is 1.30 bits per heavy atom. The third kappa shape index (κ3) is 4.05. The van der Waals surface area contributed by atoms with Gasteiger partial charge in [0.25, 0.3) is 5.88 Å². The molecule has 12 heteroatoms. The lowest BCUT2D eigenvalue weighted by atomic mass is 9.95. The molecule has 0 saturated carbocycles. The van der Waals surface area contributed by atoms with E-state index in [0.29, 0.717) is 64.2 Å². The summed E-state index contributed by atoms with van der Waals surface area (Å²) in [6.07, 6.45) is 2.04. The number of hydrogen-bond donors (Lipinski definition) is 1. The van der Waals surface area contributed by atoms with Crippen LogP contribution >= 0.6 is 11.3 Å². The van der Waals surface area contributed by atoms with Gasteiger partial charge in [0.15, 0.2) is 0 Å². The Bertz CT molecular complexity index is 1900. The molecule has 2 aromatic carbocycles. The van der Waals surface area contributed by atoms with Crippen LogP contribution in [0.2, 0.25) is 0 Å². The number of alkyl halides is 1. The van der Waals surface area contributed by atoms with Gasteiger partial charge in [-0.1, -0.05) is 6.07 Å². The molecule has 9 nitrogen and oxygen atoms in total. The van der Waals surface area contributed by atoms with Crippen molar-refractivity contribution in [1.29, 1.82) is 5.26 Å². The summed E-state index contributed by atoms with van der Waals surface area (Å²) in [6.45, 7) is 2.78. The van der Waals surface area contributed by atoms with Crippen LogP contribution < -0.4 is 20.8 Å². The van der Waals surface area contributed by atoms with Gasteiger partial charge in [-0.25, -0.2) is 13.8 Å². The first kappa shape index (κ1) is 26.8. The standard InChI is InChI=1S/C31H29F2N5O4S/c32-18-10-31(5-1-6-37(31)12-18)15-42-29-30(39)38-23(16-4-7-40-13-16)14-41-24-9-17(8-22(36-29)26(24)38)19-2-3-21(33)27-25(19)20(11-34)28(35)43-27/h2-3,8-9,16,18,23H,1,4-7,10,12-15,35H2/t16?,18-,23?,31?/m1/s1. The minimum atomic E-state index is -0.915. The van der Waals surface area contributed by atoms with E-state index >= 15 is 0 Å². The molecule has 0 aliphatic carbocycles. The van der Waals surface area contributed by atoms with Crippen molar-refractivity contribution < 1.29 is 23.0 Å². The molecule has 4 aliphatic heterocycles. The van der Waals surface area contributed by atoms with Crippen molar-refractivity contribution >= 4 is 37.5 Å². The number of benzene rings is 2. The Labute approximate surface area is 249 Å². The van der Waals surface area contributed by atoms with E-state index in [-0.39, 0.29) is 47.2 Å². The van der Waals surface area contributed by atoms with Gasteiger partial charge in [-0.2, -0.15) is 5.26 Å². The number of nitrogen functional groups attached to an aromatic ring is 1. The van der Waals surface area contributed by atoms with Gasteiger partial charge in [-0.05, 0) is 55.1 Å². The number of nitrogens with two attached hydrogens (primary N) is 1. The van der Waals surface area contributed by atoms with Gasteiger partial charge in [0.05, 0.1) is 34.0 Å². The Hall–Kier alpha value is -3.79. The molecule has 2 N–H and O–H groups in total. The number of rotatable bonds is 5. The molecule has 43 heavy (non-hydrogen) atoms. The molecule has 0 radical (unpaired) electrons. The van der Waals surface area contributed by atoms with Gasteiger partial charge in [0, 0.05) is 30.9 Å². The molecule has 3 saturated heterocycles. The van der Waals surface area contributed by atoms with Crippen LogP contribution in [0.3, 0.4) is 0 Å². The van der Waals surface area contributed by atoms with Crippen LogP contribution in [0.15, 0.2) is 29.1 Å². The fourth-order valence-corrected chi connectivity index (χ4v) is 8.55. The highest BCUT2D eigenvalue weighted by atomic mass is 32.1. The number of halogens is 2. The van der Waals surface area contributed by atoms with Crippen molar-refractivity contribution in [1.82, 2.24) is 14.5 Å². The number of ether oxygens (including phenoxy) is 3. The van der Waals surface area contributed by atoms with Crippen LogP contribution in [0.4, 0.5) is 13.8 Å². The normalized spacial score (nSPS) is 26.6. The largest absolute Gasteiger partial charge is 0.489 e. The van der Waals surface area contributed by atoms with E-state index in [2.05, 4.69) is 11.0 Å². The topological polar surface area (TPSA) is 116 Å². The number of aromatic nitrogens is 2. The van der Waals surface area contributed by atoms with Crippen molar-refractivity contribution in [2.24, 2.45) is 5.92 Å². The Balaban J connectivity index is 1.30. The first-order chi connectivity index (χ1) is 20.9. The molecular weight excluding hydrogens is 576 g/mol. The number of nitriles is 1. The third-order valence-corrected chi connectivity index (χ3v) is 10.7. The molecule has 8 rings (SSSR count). The van der Waals surface area contributed by atoms with Crippen molar-refractivity contribution in [3.8, 4) is 28.8 Å². The van der Waals surface area contributed by atoms with Crippen molar-refractivity contribution in [3.05, 3.63) is 46.0 Å². The van der Waals surface area contributed by atoms with Crippen LogP contribution in [0, 0.1) is 23.1 Å². The Morgan fingerprint density at radius 3 is 3.00 bits per heavy atom. The van der Waals surface area contributed by atoms with Crippen LogP contribution in [0.25, 0.3) is 32.2 Å². The molecule has 3 fully saturated rings. The predicted octanol–water partition coefficient (Wildman–Crippen LogP) is 4.80. The van der Waals surface area contributed by atoms with E-state index < -0.39 is 17.5 Å². The van der Waals surface area contributed by atoms with E-state index in [4.69, 9.17) is 24.9 Å². The molecule has 6 heterocycles. The maximum atomic E-state index is 14.8. The van der Waals surface area contributed by atoms with Crippen LogP contribution in [-0.2, 0) is 4.74 Å². The SMILES string of the molecule is N#Cc1c(N)sc2c(F)ccc(-c3cc4c5c(c3)nc(OCC36CCCN3C[C@H](F)C6)c(=O)n5C(C3CCOC3)CO4)c12. The molecular formula is C31H29F2N5O4S. The number of fused-ring (bicyclic) bond motifs is 2. The highest BCUT2D eigenvalue weighted by molar-refractivity contribution is 7.23. The minimum absolute atomic E-state index is 0.0355. The molecule has 0 spiro atoms. The molecule has 2 aromatic heterocycles. The van der Waals surface area contributed by atoms with Gasteiger partial charge in [0.1, 0.15) is 47.5 Å². The highest BCUT2D eigenvalue weighted by Gasteiger charge is 2.49. The molecule has 4 atom stereocenters. The summed E-state index contributed by atoms with van der Waals surface area (Å²) in [7, 11) is 0. The lowest BCUT2D eigenvalue weighted by molar-refractivity contribution is 0.107. The molecule has 0 bridgehead atoms. The molecule has 4 aliphatic rings. The first-order valence-corrected chi connectivity index (χ1v) is 15.4. The molecule has 3 unspecified atom stereocenters. The zero-order valence-corrected chi connectivity index (χ0v) is 24.1. The summed E-state index contributed by atoms with van der Waals surface area (Å²) in [4.78, 5) is 20.9. The molecule has 4 aromatic rings. The summed E-state index contributed by atoms with van der Waals surface area (Å²) in [6, 6.07) is 8.44. The molecule has 0 amide bonds. The van der Waals surface area contributed by atoms with E-state index in [0.717, 1.165) is 37.1 Å². The molecule has 222 valence electrons. The summed E-state index contributed by atoms with van der Waals surface area (Å²) in [5, 5.41) is 10.5. The Kier molecular flexibility index (Phi) is 6.15. The third-order valence-electron chi connectivity index (χ3n) is 9.65. The summed E-state index contributed by atoms with van der Waals surface area (Å²) in [5.74, 6) is 0.0578. The van der Waals surface area contributed by atoms with E-state index in [1.54, 1.807) is 16.7 Å².